The first-order valence-corrected chi connectivity index (χ1v) is 7.03. The molecule has 3 amide bonds. The Morgan fingerprint density at radius 2 is 2.11 bits per heavy atom. The van der Waals surface area contributed by atoms with Crippen LogP contribution < -0.4 is 16.4 Å². The van der Waals surface area contributed by atoms with Gasteiger partial charge in [-0.15, -0.1) is 11.8 Å². The van der Waals surface area contributed by atoms with Crippen LogP contribution in [0.15, 0.2) is 23.1 Å². The highest BCUT2D eigenvalue weighted by Crippen LogP contribution is 2.27. The molecule has 4 N–H and O–H groups in total. The lowest BCUT2D eigenvalue weighted by Gasteiger charge is -2.09. The zero-order valence-electron chi connectivity index (χ0n) is 10.7. The molecule has 19 heavy (non-hydrogen) atoms. The second-order valence-corrected chi connectivity index (χ2v) is 5.60. The molecule has 0 aromatic heterocycles. The average molecular weight is 302 g/mol. The maximum Gasteiger partial charge on any atom is 0.321 e. The Morgan fingerprint density at radius 1 is 1.42 bits per heavy atom. The van der Waals surface area contributed by atoms with Gasteiger partial charge < -0.3 is 11.1 Å². The summed E-state index contributed by atoms with van der Waals surface area (Å²) < 4.78 is 0. The number of nitrogens with one attached hydrogen (secondary N) is 2. The second-order valence-electron chi connectivity index (χ2n) is 4.15. The van der Waals surface area contributed by atoms with Gasteiger partial charge in [0.1, 0.15) is 0 Å². The molecule has 0 heterocycles. The summed E-state index contributed by atoms with van der Waals surface area (Å²) in [5.41, 5.74) is 6.30. The number of carbonyl (C=O) groups excluding carboxylic acids is 2. The first-order chi connectivity index (χ1) is 8.88. The topological polar surface area (TPSA) is 84.2 Å². The van der Waals surface area contributed by atoms with Crippen molar-refractivity contribution in [2.24, 2.45) is 0 Å². The number of hydrogen-bond donors (Lipinski definition) is 3. The Morgan fingerprint density at radius 3 is 2.74 bits per heavy atom. The van der Waals surface area contributed by atoms with Gasteiger partial charge in [0, 0.05) is 21.6 Å². The van der Waals surface area contributed by atoms with Gasteiger partial charge in [0.15, 0.2) is 0 Å². The zero-order chi connectivity index (χ0) is 14.4. The number of nitrogen functional groups attached to an aromatic ring is 1. The number of amides is 3. The summed E-state index contributed by atoms with van der Waals surface area (Å²) in [5, 5.41) is 5.35. The minimum Gasteiger partial charge on any atom is -0.398 e. The van der Waals surface area contributed by atoms with Crippen LogP contribution in [0.1, 0.15) is 13.8 Å². The number of nitrogens with two attached hydrogens (primary N) is 1. The molecule has 0 aliphatic heterocycles. The van der Waals surface area contributed by atoms with Crippen LogP contribution in [0.25, 0.3) is 0 Å². The van der Waals surface area contributed by atoms with Crippen molar-refractivity contribution in [3.8, 4) is 0 Å². The summed E-state index contributed by atoms with van der Waals surface area (Å²) in [6.45, 7) is 3.62. The highest BCUT2D eigenvalue weighted by Gasteiger charge is 2.10. The van der Waals surface area contributed by atoms with E-state index in [1.54, 1.807) is 18.2 Å². The predicted octanol–water partition coefficient (Wildman–Crippen LogP) is 2.25. The van der Waals surface area contributed by atoms with Crippen molar-refractivity contribution in [2.75, 3.05) is 11.5 Å². The van der Waals surface area contributed by atoms with Gasteiger partial charge in [0.05, 0.1) is 5.75 Å². The number of anilines is 1. The maximum absolute atomic E-state index is 11.5. The molecule has 1 aromatic carbocycles. The van der Waals surface area contributed by atoms with Gasteiger partial charge in [0.25, 0.3) is 0 Å². The quantitative estimate of drug-likeness (QED) is 0.588. The van der Waals surface area contributed by atoms with E-state index in [1.165, 1.54) is 11.8 Å². The molecule has 0 bridgehead atoms. The molecule has 0 fully saturated rings. The fourth-order valence-corrected chi connectivity index (χ4v) is 2.28. The van der Waals surface area contributed by atoms with Crippen molar-refractivity contribution in [3.05, 3.63) is 23.2 Å². The number of thioether (sulfide) groups is 1. The standard InChI is InChI=1S/C12H16ClN3O2S/c1-7(2)15-12(18)16-11(17)6-19-10-5-8(13)3-4-9(10)14/h3-5,7H,6,14H2,1-2H3,(H2,15,16,17,18). The van der Waals surface area contributed by atoms with E-state index in [2.05, 4.69) is 10.6 Å². The van der Waals surface area contributed by atoms with Crippen molar-refractivity contribution in [1.82, 2.24) is 10.6 Å². The van der Waals surface area contributed by atoms with Crippen molar-refractivity contribution in [3.63, 3.8) is 0 Å². The molecule has 0 atom stereocenters. The van der Waals surface area contributed by atoms with Gasteiger partial charge in [0.2, 0.25) is 5.91 Å². The number of urea groups is 1. The molecule has 1 aromatic rings. The highest BCUT2D eigenvalue weighted by molar-refractivity contribution is 8.00. The number of carbonyl (C=O) groups is 2. The van der Waals surface area contributed by atoms with Crippen molar-refractivity contribution >= 4 is 41.0 Å². The first kappa shape index (κ1) is 15.7. The van der Waals surface area contributed by atoms with E-state index < -0.39 is 6.03 Å². The van der Waals surface area contributed by atoms with Crippen LogP contribution in [-0.4, -0.2) is 23.7 Å². The van der Waals surface area contributed by atoms with Crippen LogP contribution in [0.2, 0.25) is 5.02 Å². The van der Waals surface area contributed by atoms with Crippen LogP contribution in [0.3, 0.4) is 0 Å². The van der Waals surface area contributed by atoms with E-state index in [-0.39, 0.29) is 17.7 Å². The average Bonchev–Trinajstić information content (AvgIpc) is 2.29. The van der Waals surface area contributed by atoms with E-state index >= 15 is 0 Å². The number of rotatable bonds is 4. The van der Waals surface area contributed by atoms with E-state index in [0.29, 0.717) is 15.6 Å². The molecule has 0 saturated carbocycles. The van der Waals surface area contributed by atoms with Crippen LogP contribution in [0.4, 0.5) is 10.5 Å². The van der Waals surface area contributed by atoms with Crippen LogP contribution in [-0.2, 0) is 4.79 Å². The van der Waals surface area contributed by atoms with E-state index in [4.69, 9.17) is 17.3 Å². The molecule has 7 heteroatoms. The number of benzene rings is 1. The zero-order valence-corrected chi connectivity index (χ0v) is 12.3. The number of hydrogen-bond acceptors (Lipinski definition) is 4. The molecule has 1 rings (SSSR count). The Kier molecular flexibility index (Phi) is 5.98. The minimum atomic E-state index is -0.500. The van der Waals surface area contributed by atoms with Gasteiger partial charge in [-0.25, -0.2) is 4.79 Å². The van der Waals surface area contributed by atoms with Crippen LogP contribution in [0, 0.1) is 0 Å². The molecule has 0 radical (unpaired) electrons. The Balaban J connectivity index is 2.46. The molecular formula is C12H16ClN3O2S. The number of halogens is 1. The molecule has 0 aliphatic rings. The summed E-state index contributed by atoms with van der Waals surface area (Å²) in [5.74, 6) is -0.293. The molecule has 0 aliphatic carbocycles. The summed E-state index contributed by atoms with van der Waals surface area (Å²) in [7, 11) is 0. The van der Waals surface area contributed by atoms with Crippen molar-refractivity contribution in [1.29, 1.82) is 0 Å². The van der Waals surface area contributed by atoms with Crippen LogP contribution in [0.5, 0.6) is 0 Å². The SMILES string of the molecule is CC(C)NC(=O)NC(=O)CSc1cc(Cl)ccc1N. The summed E-state index contributed by atoms with van der Waals surface area (Å²) in [4.78, 5) is 23.6. The van der Waals surface area contributed by atoms with Gasteiger partial charge in [-0.05, 0) is 32.0 Å². The largest absolute Gasteiger partial charge is 0.398 e. The Bertz CT molecular complexity index is 480. The molecule has 0 unspecified atom stereocenters. The normalized spacial score (nSPS) is 10.3. The lowest BCUT2D eigenvalue weighted by Crippen LogP contribution is -2.43. The van der Waals surface area contributed by atoms with Gasteiger partial charge in [-0.3, -0.25) is 10.1 Å². The summed E-state index contributed by atoms with van der Waals surface area (Å²) >= 11 is 7.07. The van der Waals surface area contributed by atoms with Gasteiger partial charge >= 0.3 is 6.03 Å². The van der Waals surface area contributed by atoms with E-state index in [1.807, 2.05) is 13.8 Å². The predicted molar refractivity (Wildman–Crippen MR) is 78.4 cm³/mol. The number of imide groups is 1. The fraction of sp³-hybridized carbons (Fsp3) is 0.333. The summed E-state index contributed by atoms with van der Waals surface area (Å²) in [6, 6.07) is 4.51. The monoisotopic (exact) mass is 301 g/mol. The maximum atomic E-state index is 11.5. The van der Waals surface area contributed by atoms with E-state index in [9.17, 15) is 9.59 Å². The Hall–Kier alpha value is -1.40. The molecule has 104 valence electrons. The van der Waals surface area contributed by atoms with Crippen molar-refractivity contribution in [2.45, 2.75) is 24.8 Å². The second kappa shape index (κ2) is 7.25. The fourth-order valence-electron chi connectivity index (χ4n) is 1.24. The first-order valence-electron chi connectivity index (χ1n) is 5.66. The highest BCUT2D eigenvalue weighted by atomic mass is 35.5. The van der Waals surface area contributed by atoms with Crippen LogP contribution >= 0.6 is 23.4 Å². The van der Waals surface area contributed by atoms with E-state index in [0.717, 1.165) is 0 Å². The van der Waals surface area contributed by atoms with Gasteiger partial charge in [-0.1, -0.05) is 11.6 Å². The minimum absolute atomic E-state index is 0.0240. The lowest BCUT2D eigenvalue weighted by molar-refractivity contribution is -0.117. The smallest absolute Gasteiger partial charge is 0.321 e. The third-order valence-corrected chi connectivity index (χ3v) is 3.31. The molecule has 0 spiro atoms. The molecular weight excluding hydrogens is 286 g/mol. The van der Waals surface area contributed by atoms with Gasteiger partial charge in [-0.2, -0.15) is 0 Å². The van der Waals surface area contributed by atoms with Crippen molar-refractivity contribution < 1.29 is 9.59 Å². The third-order valence-electron chi connectivity index (χ3n) is 2.01. The summed E-state index contributed by atoms with van der Waals surface area (Å²) in [6.07, 6.45) is 0. The third kappa shape index (κ3) is 5.85. The molecule has 0 saturated heterocycles. The molecule has 5 nitrogen and oxygen atoms in total. The Labute approximate surface area is 121 Å². The lowest BCUT2D eigenvalue weighted by atomic mass is 10.3.